The summed E-state index contributed by atoms with van der Waals surface area (Å²) in [6.07, 6.45) is 0.866. The molecule has 1 aromatic carbocycles. The molecule has 0 aliphatic carbocycles. The number of benzene rings is 1. The summed E-state index contributed by atoms with van der Waals surface area (Å²) >= 11 is 0. The Kier molecular flexibility index (Phi) is 6.20. The lowest BCUT2D eigenvalue weighted by Gasteiger charge is -2.09. The number of nitrogens with one attached hydrogen (secondary N) is 1. The van der Waals surface area contributed by atoms with Crippen LogP contribution in [0.2, 0.25) is 0 Å². The van der Waals surface area contributed by atoms with Gasteiger partial charge in [0.15, 0.2) is 0 Å². The first-order valence-electron chi connectivity index (χ1n) is 8.53. The number of hydrogen-bond donors (Lipinski definition) is 2. The predicted molar refractivity (Wildman–Crippen MR) is 101 cm³/mol. The fraction of sp³-hybridized carbons (Fsp3) is 0.444. The molecule has 26 heavy (non-hydrogen) atoms. The number of carbonyl (C=O) groups is 1. The number of primary sulfonamides is 1. The van der Waals surface area contributed by atoms with E-state index in [9.17, 15) is 13.2 Å². The largest absolute Gasteiger partial charge is 0.326 e. The molecule has 0 saturated carbocycles. The Labute approximate surface area is 154 Å². The van der Waals surface area contributed by atoms with Gasteiger partial charge < -0.3 is 5.32 Å². The fourth-order valence-electron chi connectivity index (χ4n) is 2.83. The lowest BCUT2D eigenvalue weighted by molar-refractivity contribution is -0.116. The van der Waals surface area contributed by atoms with Crippen molar-refractivity contribution in [1.29, 1.82) is 0 Å². The van der Waals surface area contributed by atoms with Crippen LogP contribution < -0.4 is 10.5 Å². The number of nitrogens with two attached hydrogens (primary N) is 1. The smallest absolute Gasteiger partial charge is 0.238 e. The molecule has 1 heterocycles. The predicted octanol–water partition coefficient (Wildman–Crippen LogP) is 2.37. The normalized spacial score (nSPS) is 11.8. The minimum absolute atomic E-state index is 0.0306. The molecule has 0 unspecified atom stereocenters. The first kappa shape index (κ1) is 20.1. The van der Waals surface area contributed by atoms with Gasteiger partial charge in [-0.1, -0.05) is 19.9 Å². The van der Waals surface area contributed by atoms with Crippen LogP contribution in [0.3, 0.4) is 0 Å². The number of anilines is 1. The second kappa shape index (κ2) is 8.01. The fourth-order valence-corrected chi connectivity index (χ4v) is 3.39. The van der Waals surface area contributed by atoms with Crippen LogP contribution in [0.1, 0.15) is 37.2 Å². The molecule has 0 radical (unpaired) electrons. The number of aryl methyl sites for hydroxylation is 1. The molecule has 0 fully saturated rings. The minimum Gasteiger partial charge on any atom is -0.326 e. The summed E-state index contributed by atoms with van der Waals surface area (Å²) in [7, 11) is -3.80. The van der Waals surface area contributed by atoms with Crippen molar-refractivity contribution < 1.29 is 13.2 Å². The molecular formula is C18H26N4O3S. The molecule has 3 N–H and O–H groups in total. The summed E-state index contributed by atoms with van der Waals surface area (Å²) in [5, 5.41) is 12.4. The second-order valence-corrected chi connectivity index (χ2v) is 8.41. The standard InChI is InChI=1S/C18H26N4O3S/c1-12(2)11-22-14(4)17(13(3)21-22)8-9-18(23)20-15-6-5-7-16(10-15)26(19,24)25/h5-7,10,12H,8-9,11H2,1-4H3,(H,20,23)(H2,19,24,25). The van der Waals surface area contributed by atoms with E-state index in [2.05, 4.69) is 24.3 Å². The van der Waals surface area contributed by atoms with Crippen LogP contribution in [0.15, 0.2) is 29.2 Å². The maximum Gasteiger partial charge on any atom is 0.238 e. The lowest BCUT2D eigenvalue weighted by Crippen LogP contribution is -2.15. The van der Waals surface area contributed by atoms with Crippen LogP contribution in [-0.2, 0) is 27.8 Å². The monoisotopic (exact) mass is 378 g/mol. The van der Waals surface area contributed by atoms with Crippen molar-refractivity contribution in [3.63, 3.8) is 0 Å². The average Bonchev–Trinajstić information content (AvgIpc) is 2.78. The molecule has 8 heteroatoms. The van der Waals surface area contributed by atoms with Crippen molar-refractivity contribution in [1.82, 2.24) is 9.78 Å². The Hall–Kier alpha value is -2.19. The number of nitrogens with zero attached hydrogens (tertiary/aromatic N) is 2. The molecule has 0 atom stereocenters. The van der Waals surface area contributed by atoms with Crippen LogP contribution >= 0.6 is 0 Å². The van der Waals surface area contributed by atoms with Crippen LogP contribution in [0.5, 0.6) is 0 Å². The van der Waals surface area contributed by atoms with E-state index in [4.69, 9.17) is 5.14 Å². The van der Waals surface area contributed by atoms with Gasteiger partial charge in [0.1, 0.15) is 0 Å². The van der Waals surface area contributed by atoms with Crippen LogP contribution in [0, 0.1) is 19.8 Å². The summed E-state index contributed by atoms with van der Waals surface area (Å²) in [6, 6.07) is 5.91. The van der Waals surface area contributed by atoms with Crippen molar-refractivity contribution in [2.24, 2.45) is 11.1 Å². The number of aromatic nitrogens is 2. The van der Waals surface area contributed by atoms with Crippen molar-refractivity contribution in [3.05, 3.63) is 41.2 Å². The topological polar surface area (TPSA) is 107 Å². The van der Waals surface area contributed by atoms with Crippen molar-refractivity contribution in [2.75, 3.05) is 5.32 Å². The van der Waals surface area contributed by atoms with Crippen molar-refractivity contribution in [3.8, 4) is 0 Å². The van der Waals surface area contributed by atoms with Gasteiger partial charge in [0.05, 0.1) is 10.6 Å². The van der Waals surface area contributed by atoms with E-state index in [-0.39, 0.29) is 17.2 Å². The van der Waals surface area contributed by atoms with Crippen LogP contribution in [0.25, 0.3) is 0 Å². The van der Waals surface area contributed by atoms with Crippen molar-refractivity contribution >= 4 is 21.6 Å². The summed E-state index contributed by atoms with van der Waals surface area (Å²) in [6.45, 7) is 9.09. The number of hydrogen-bond acceptors (Lipinski definition) is 4. The highest BCUT2D eigenvalue weighted by molar-refractivity contribution is 7.89. The molecule has 7 nitrogen and oxygen atoms in total. The zero-order chi connectivity index (χ0) is 19.5. The molecule has 0 spiro atoms. The van der Waals surface area contributed by atoms with E-state index >= 15 is 0 Å². The first-order valence-corrected chi connectivity index (χ1v) is 10.1. The molecular weight excluding hydrogens is 352 g/mol. The molecule has 0 aliphatic heterocycles. The zero-order valence-electron chi connectivity index (χ0n) is 15.6. The van der Waals surface area contributed by atoms with E-state index in [0.717, 1.165) is 23.5 Å². The second-order valence-electron chi connectivity index (χ2n) is 6.85. The van der Waals surface area contributed by atoms with Crippen LogP contribution in [0.4, 0.5) is 5.69 Å². The van der Waals surface area contributed by atoms with E-state index in [0.29, 0.717) is 18.0 Å². The Balaban J connectivity index is 2.03. The molecule has 142 valence electrons. The molecule has 1 aromatic heterocycles. The summed E-state index contributed by atoms with van der Waals surface area (Å²) in [5.74, 6) is 0.308. The van der Waals surface area contributed by atoms with Gasteiger partial charge >= 0.3 is 0 Å². The number of sulfonamides is 1. The quantitative estimate of drug-likeness (QED) is 0.771. The van der Waals surface area contributed by atoms with Gasteiger partial charge in [0.25, 0.3) is 0 Å². The summed E-state index contributed by atoms with van der Waals surface area (Å²) in [4.78, 5) is 12.2. The highest BCUT2D eigenvalue weighted by atomic mass is 32.2. The van der Waals surface area contributed by atoms with E-state index < -0.39 is 10.0 Å². The molecule has 2 rings (SSSR count). The Morgan fingerprint density at radius 1 is 1.31 bits per heavy atom. The molecule has 1 amide bonds. The molecule has 0 saturated heterocycles. The van der Waals surface area contributed by atoms with Crippen molar-refractivity contribution in [2.45, 2.75) is 52.0 Å². The number of amides is 1. The number of carbonyl (C=O) groups excluding carboxylic acids is 1. The molecule has 0 bridgehead atoms. The van der Waals surface area contributed by atoms with Gasteiger partial charge in [-0.25, -0.2) is 13.6 Å². The lowest BCUT2D eigenvalue weighted by atomic mass is 10.1. The molecule has 0 aliphatic rings. The highest BCUT2D eigenvalue weighted by Crippen LogP contribution is 2.18. The van der Waals surface area contributed by atoms with Gasteiger partial charge in [-0.15, -0.1) is 0 Å². The van der Waals surface area contributed by atoms with Gasteiger partial charge in [0, 0.05) is 24.3 Å². The third-order valence-corrected chi connectivity index (χ3v) is 5.03. The van der Waals surface area contributed by atoms with E-state index in [1.807, 2.05) is 18.5 Å². The summed E-state index contributed by atoms with van der Waals surface area (Å²) in [5.41, 5.74) is 3.51. The van der Waals surface area contributed by atoms with E-state index in [1.165, 1.54) is 12.1 Å². The SMILES string of the molecule is Cc1nn(CC(C)C)c(C)c1CCC(=O)Nc1cccc(S(N)(=O)=O)c1. The summed E-state index contributed by atoms with van der Waals surface area (Å²) < 4.78 is 24.8. The van der Waals surface area contributed by atoms with Gasteiger partial charge in [0.2, 0.25) is 15.9 Å². The number of rotatable bonds is 7. The minimum atomic E-state index is -3.80. The average molecular weight is 378 g/mol. The Morgan fingerprint density at radius 3 is 2.62 bits per heavy atom. The first-order chi connectivity index (χ1) is 12.1. The maximum absolute atomic E-state index is 12.2. The Bertz CT molecular complexity index is 901. The maximum atomic E-state index is 12.2. The van der Waals surface area contributed by atoms with Gasteiger partial charge in [-0.2, -0.15) is 5.10 Å². The van der Waals surface area contributed by atoms with E-state index in [1.54, 1.807) is 12.1 Å². The zero-order valence-corrected chi connectivity index (χ0v) is 16.4. The molecule has 2 aromatic rings. The van der Waals surface area contributed by atoms with Gasteiger partial charge in [-0.05, 0) is 49.9 Å². The third kappa shape index (κ3) is 5.15. The Morgan fingerprint density at radius 2 is 2.00 bits per heavy atom. The van der Waals surface area contributed by atoms with Crippen LogP contribution in [-0.4, -0.2) is 24.1 Å². The third-order valence-electron chi connectivity index (χ3n) is 4.12. The highest BCUT2D eigenvalue weighted by Gasteiger charge is 2.14. The van der Waals surface area contributed by atoms with Gasteiger partial charge in [-0.3, -0.25) is 9.48 Å².